The van der Waals surface area contributed by atoms with Gasteiger partial charge in [0.1, 0.15) is 6.04 Å². The SMILES string of the molecule is CC(C)C(=O)N1CCC(C(=O)N2CCC[C@H]2C(=O)O)CC1. The standard InChI is InChI=1S/C15H24N2O4/c1-10(2)13(18)16-8-5-11(6-9-16)14(19)17-7-3-4-12(17)15(20)21/h10-12H,3-9H2,1-2H3,(H,20,21)/t12-/m0/s1. The van der Waals surface area contributed by atoms with Crippen LogP contribution in [0.5, 0.6) is 0 Å². The highest BCUT2D eigenvalue weighted by molar-refractivity contribution is 5.86. The lowest BCUT2D eigenvalue weighted by molar-refractivity contribution is -0.151. The minimum atomic E-state index is -0.909. The predicted octanol–water partition coefficient (Wildman–Crippen LogP) is 0.957. The van der Waals surface area contributed by atoms with E-state index in [1.807, 2.05) is 18.7 Å². The highest BCUT2D eigenvalue weighted by Gasteiger charge is 2.38. The number of carbonyl (C=O) groups is 3. The minimum absolute atomic E-state index is 0.0211. The van der Waals surface area contributed by atoms with Crippen molar-refractivity contribution in [2.75, 3.05) is 19.6 Å². The second kappa shape index (κ2) is 6.45. The Morgan fingerprint density at radius 2 is 1.67 bits per heavy atom. The summed E-state index contributed by atoms with van der Waals surface area (Å²) in [6, 6.07) is -0.659. The number of hydrogen-bond donors (Lipinski definition) is 1. The Balaban J connectivity index is 1.91. The molecule has 21 heavy (non-hydrogen) atoms. The number of carboxylic acids is 1. The summed E-state index contributed by atoms with van der Waals surface area (Å²) in [6.45, 7) is 5.49. The van der Waals surface area contributed by atoms with Gasteiger partial charge in [0.05, 0.1) is 0 Å². The highest BCUT2D eigenvalue weighted by Crippen LogP contribution is 2.26. The Labute approximate surface area is 125 Å². The molecule has 0 radical (unpaired) electrons. The van der Waals surface area contributed by atoms with Crippen LogP contribution in [0.25, 0.3) is 0 Å². The smallest absolute Gasteiger partial charge is 0.326 e. The molecule has 0 spiro atoms. The van der Waals surface area contributed by atoms with Crippen LogP contribution in [0.1, 0.15) is 39.5 Å². The topological polar surface area (TPSA) is 77.9 Å². The highest BCUT2D eigenvalue weighted by atomic mass is 16.4. The summed E-state index contributed by atoms with van der Waals surface area (Å²) in [5.41, 5.74) is 0. The van der Waals surface area contributed by atoms with E-state index in [0.29, 0.717) is 38.9 Å². The Morgan fingerprint density at radius 1 is 1.05 bits per heavy atom. The molecule has 0 aliphatic carbocycles. The van der Waals surface area contributed by atoms with Crippen LogP contribution in [-0.4, -0.2) is 58.4 Å². The van der Waals surface area contributed by atoms with E-state index in [-0.39, 0.29) is 23.7 Å². The fourth-order valence-corrected chi connectivity index (χ4v) is 3.23. The van der Waals surface area contributed by atoms with Crippen molar-refractivity contribution in [2.24, 2.45) is 11.8 Å². The number of rotatable bonds is 3. The number of carboxylic acid groups (broad SMARTS) is 1. The number of hydrogen-bond acceptors (Lipinski definition) is 3. The maximum absolute atomic E-state index is 12.5. The largest absolute Gasteiger partial charge is 0.480 e. The van der Waals surface area contributed by atoms with Crippen LogP contribution in [0, 0.1) is 11.8 Å². The molecule has 0 aromatic rings. The molecule has 6 nitrogen and oxygen atoms in total. The van der Waals surface area contributed by atoms with Crippen molar-refractivity contribution in [1.29, 1.82) is 0 Å². The van der Waals surface area contributed by atoms with Crippen molar-refractivity contribution in [1.82, 2.24) is 9.80 Å². The van der Waals surface area contributed by atoms with Crippen molar-refractivity contribution < 1.29 is 19.5 Å². The van der Waals surface area contributed by atoms with Crippen LogP contribution in [-0.2, 0) is 14.4 Å². The molecule has 0 bridgehead atoms. The second-order valence-electron chi connectivity index (χ2n) is 6.28. The monoisotopic (exact) mass is 296 g/mol. The van der Waals surface area contributed by atoms with E-state index in [1.165, 1.54) is 4.90 Å². The lowest BCUT2D eigenvalue weighted by Crippen LogP contribution is -2.48. The minimum Gasteiger partial charge on any atom is -0.480 e. The Bertz CT molecular complexity index is 427. The zero-order valence-corrected chi connectivity index (χ0v) is 12.7. The maximum Gasteiger partial charge on any atom is 0.326 e. The molecular weight excluding hydrogens is 272 g/mol. The van der Waals surface area contributed by atoms with Crippen molar-refractivity contribution in [3.05, 3.63) is 0 Å². The lowest BCUT2D eigenvalue weighted by Gasteiger charge is -2.34. The summed E-state index contributed by atoms with van der Waals surface area (Å²) in [4.78, 5) is 38.9. The normalized spacial score (nSPS) is 23.7. The number of amides is 2. The van der Waals surface area contributed by atoms with E-state index in [1.54, 1.807) is 0 Å². The first-order valence-electron chi connectivity index (χ1n) is 7.74. The van der Waals surface area contributed by atoms with Gasteiger partial charge in [-0.3, -0.25) is 9.59 Å². The zero-order chi connectivity index (χ0) is 15.6. The van der Waals surface area contributed by atoms with Crippen LogP contribution in [0.15, 0.2) is 0 Å². The molecule has 6 heteroatoms. The third kappa shape index (κ3) is 3.36. The van der Waals surface area contributed by atoms with Crippen molar-refractivity contribution in [3.8, 4) is 0 Å². The third-order valence-corrected chi connectivity index (χ3v) is 4.47. The van der Waals surface area contributed by atoms with E-state index < -0.39 is 12.0 Å². The molecule has 118 valence electrons. The van der Waals surface area contributed by atoms with Gasteiger partial charge >= 0.3 is 5.97 Å². The fourth-order valence-electron chi connectivity index (χ4n) is 3.23. The van der Waals surface area contributed by atoms with E-state index >= 15 is 0 Å². The molecular formula is C15H24N2O4. The van der Waals surface area contributed by atoms with Crippen LogP contribution in [0.3, 0.4) is 0 Å². The molecule has 2 saturated heterocycles. The molecule has 0 unspecified atom stereocenters. The number of aliphatic carboxylic acids is 1. The molecule has 0 aromatic carbocycles. The lowest BCUT2D eigenvalue weighted by atomic mass is 9.94. The first kappa shape index (κ1) is 15.8. The average Bonchev–Trinajstić information content (AvgIpc) is 2.95. The molecule has 0 saturated carbocycles. The molecule has 2 aliphatic heterocycles. The van der Waals surface area contributed by atoms with Crippen molar-refractivity contribution >= 4 is 17.8 Å². The van der Waals surface area contributed by atoms with E-state index in [0.717, 1.165) is 6.42 Å². The molecule has 2 heterocycles. The Hall–Kier alpha value is -1.59. The summed E-state index contributed by atoms with van der Waals surface area (Å²) >= 11 is 0. The molecule has 2 amide bonds. The van der Waals surface area contributed by atoms with Crippen LogP contribution >= 0.6 is 0 Å². The number of nitrogens with zero attached hydrogens (tertiary/aromatic N) is 2. The van der Waals surface area contributed by atoms with Gasteiger partial charge in [-0.15, -0.1) is 0 Å². The van der Waals surface area contributed by atoms with Gasteiger partial charge in [0.2, 0.25) is 11.8 Å². The van der Waals surface area contributed by atoms with Crippen LogP contribution < -0.4 is 0 Å². The maximum atomic E-state index is 12.5. The number of piperidine rings is 1. The second-order valence-corrected chi connectivity index (χ2v) is 6.28. The fraction of sp³-hybridized carbons (Fsp3) is 0.800. The van der Waals surface area contributed by atoms with Crippen molar-refractivity contribution in [3.63, 3.8) is 0 Å². The molecule has 2 fully saturated rings. The predicted molar refractivity (Wildman–Crippen MR) is 76.5 cm³/mol. The summed E-state index contributed by atoms with van der Waals surface area (Å²) < 4.78 is 0. The first-order chi connectivity index (χ1) is 9.91. The van der Waals surface area contributed by atoms with Crippen LogP contribution in [0.4, 0.5) is 0 Å². The Morgan fingerprint density at radius 3 is 2.19 bits per heavy atom. The quantitative estimate of drug-likeness (QED) is 0.841. The van der Waals surface area contributed by atoms with Crippen LogP contribution in [0.2, 0.25) is 0 Å². The van der Waals surface area contributed by atoms with Gasteiger partial charge in [0, 0.05) is 31.5 Å². The van der Waals surface area contributed by atoms with Crippen molar-refractivity contribution in [2.45, 2.75) is 45.6 Å². The zero-order valence-electron chi connectivity index (χ0n) is 12.7. The third-order valence-electron chi connectivity index (χ3n) is 4.47. The Kier molecular flexibility index (Phi) is 4.85. The summed E-state index contributed by atoms with van der Waals surface area (Å²) in [5, 5.41) is 9.16. The number of carbonyl (C=O) groups excluding carboxylic acids is 2. The molecule has 2 aliphatic rings. The average molecular weight is 296 g/mol. The van der Waals surface area contributed by atoms with E-state index in [2.05, 4.69) is 0 Å². The summed E-state index contributed by atoms with van der Waals surface area (Å²) in [5.74, 6) is -0.983. The number of likely N-dealkylation sites (tertiary alicyclic amines) is 2. The van der Waals surface area contributed by atoms with Gasteiger partial charge in [-0.05, 0) is 25.7 Å². The molecule has 0 aromatic heterocycles. The van der Waals surface area contributed by atoms with Gasteiger partial charge < -0.3 is 14.9 Å². The summed E-state index contributed by atoms with van der Waals surface area (Å²) in [6.07, 6.45) is 2.58. The summed E-state index contributed by atoms with van der Waals surface area (Å²) in [7, 11) is 0. The van der Waals surface area contributed by atoms with Gasteiger partial charge in [-0.1, -0.05) is 13.8 Å². The molecule has 1 atom stereocenters. The van der Waals surface area contributed by atoms with Gasteiger partial charge in [0.15, 0.2) is 0 Å². The van der Waals surface area contributed by atoms with Gasteiger partial charge in [0.25, 0.3) is 0 Å². The first-order valence-corrected chi connectivity index (χ1v) is 7.74. The molecule has 2 rings (SSSR count). The molecule has 1 N–H and O–H groups in total. The van der Waals surface area contributed by atoms with E-state index in [9.17, 15) is 14.4 Å². The van der Waals surface area contributed by atoms with Gasteiger partial charge in [-0.2, -0.15) is 0 Å². The van der Waals surface area contributed by atoms with Gasteiger partial charge in [-0.25, -0.2) is 4.79 Å². The van der Waals surface area contributed by atoms with E-state index in [4.69, 9.17) is 5.11 Å².